The number of hydrogen-bond acceptors (Lipinski definition) is 6. The summed E-state index contributed by atoms with van der Waals surface area (Å²) in [7, 11) is 0. The van der Waals surface area contributed by atoms with Crippen molar-refractivity contribution >= 4 is 5.91 Å². The van der Waals surface area contributed by atoms with E-state index in [-0.39, 0.29) is 18.1 Å². The van der Waals surface area contributed by atoms with Gasteiger partial charge in [0.1, 0.15) is 5.69 Å². The van der Waals surface area contributed by atoms with E-state index in [4.69, 9.17) is 4.42 Å². The molecule has 104 valence electrons. The van der Waals surface area contributed by atoms with Crippen molar-refractivity contribution in [3.05, 3.63) is 61.0 Å². The molecule has 7 heteroatoms. The Morgan fingerprint density at radius 3 is 2.76 bits per heavy atom. The van der Waals surface area contributed by atoms with E-state index < -0.39 is 0 Å². The SMILES string of the molecule is O=C(NCc1nccnc1-c1ccoc1)c1cnccn1. The first-order chi connectivity index (χ1) is 10.3. The molecule has 0 atom stereocenters. The summed E-state index contributed by atoms with van der Waals surface area (Å²) in [5.74, 6) is -0.313. The zero-order valence-corrected chi connectivity index (χ0v) is 10.9. The molecule has 0 saturated heterocycles. The highest BCUT2D eigenvalue weighted by Gasteiger charge is 2.11. The van der Waals surface area contributed by atoms with E-state index >= 15 is 0 Å². The van der Waals surface area contributed by atoms with Crippen LogP contribution in [0.15, 0.2) is 54.0 Å². The van der Waals surface area contributed by atoms with Crippen LogP contribution in [0.1, 0.15) is 16.2 Å². The Morgan fingerprint density at radius 1 is 1.14 bits per heavy atom. The van der Waals surface area contributed by atoms with Crippen molar-refractivity contribution in [2.24, 2.45) is 0 Å². The average Bonchev–Trinajstić information content (AvgIpc) is 3.08. The van der Waals surface area contributed by atoms with Crippen LogP contribution in [0.25, 0.3) is 11.3 Å². The van der Waals surface area contributed by atoms with Gasteiger partial charge >= 0.3 is 0 Å². The Labute approximate surface area is 120 Å². The number of carbonyl (C=O) groups is 1. The van der Waals surface area contributed by atoms with Crippen molar-refractivity contribution < 1.29 is 9.21 Å². The standard InChI is InChI=1S/C14H11N5O2/c20-14(12-7-15-2-3-17-12)19-8-11-13(18-5-4-16-11)10-1-6-21-9-10/h1-7,9H,8H2,(H,19,20). The lowest BCUT2D eigenvalue weighted by molar-refractivity contribution is 0.0945. The van der Waals surface area contributed by atoms with Gasteiger partial charge in [0, 0.05) is 30.4 Å². The van der Waals surface area contributed by atoms with Gasteiger partial charge in [-0.3, -0.25) is 19.7 Å². The van der Waals surface area contributed by atoms with Crippen LogP contribution in [-0.4, -0.2) is 25.8 Å². The summed E-state index contributed by atoms with van der Waals surface area (Å²) in [6.45, 7) is 0.240. The maximum absolute atomic E-state index is 11.9. The molecule has 3 heterocycles. The molecular weight excluding hydrogens is 270 g/mol. The van der Waals surface area contributed by atoms with Gasteiger partial charge in [0.25, 0.3) is 5.91 Å². The average molecular weight is 281 g/mol. The predicted octanol–water partition coefficient (Wildman–Crippen LogP) is 1.46. The molecule has 0 aliphatic rings. The monoisotopic (exact) mass is 281 g/mol. The Morgan fingerprint density at radius 2 is 2.00 bits per heavy atom. The molecule has 0 spiro atoms. The van der Waals surface area contributed by atoms with Gasteiger partial charge < -0.3 is 9.73 Å². The van der Waals surface area contributed by atoms with Gasteiger partial charge in [-0.05, 0) is 6.07 Å². The number of amides is 1. The van der Waals surface area contributed by atoms with Gasteiger partial charge in [-0.2, -0.15) is 0 Å². The zero-order chi connectivity index (χ0) is 14.5. The molecule has 3 aromatic rings. The van der Waals surface area contributed by atoms with Gasteiger partial charge in [-0.25, -0.2) is 4.98 Å². The highest BCUT2D eigenvalue weighted by atomic mass is 16.3. The molecule has 3 rings (SSSR count). The number of carbonyl (C=O) groups excluding carboxylic acids is 1. The lowest BCUT2D eigenvalue weighted by atomic mass is 10.2. The Kier molecular flexibility index (Phi) is 3.64. The van der Waals surface area contributed by atoms with Crippen LogP contribution in [0.4, 0.5) is 0 Å². The van der Waals surface area contributed by atoms with Crippen LogP contribution < -0.4 is 5.32 Å². The smallest absolute Gasteiger partial charge is 0.271 e. The minimum atomic E-state index is -0.313. The molecular formula is C14H11N5O2. The van der Waals surface area contributed by atoms with E-state index in [1.54, 1.807) is 31.0 Å². The van der Waals surface area contributed by atoms with E-state index in [0.29, 0.717) is 11.4 Å². The Hall–Kier alpha value is -3.09. The van der Waals surface area contributed by atoms with Crippen LogP contribution in [0.3, 0.4) is 0 Å². The van der Waals surface area contributed by atoms with E-state index in [2.05, 4.69) is 25.3 Å². The Balaban J connectivity index is 1.76. The second-order valence-electron chi connectivity index (χ2n) is 4.14. The number of hydrogen-bond donors (Lipinski definition) is 1. The van der Waals surface area contributed by atoms with Crippen LogP contribution in [-0.2, 0) is 6.54 Å². The molecule has 1 N–H and O–H groups in total. The van der Waals surface area contributed by atoms with E-state index in [1.165, 1.54) is 18.6 Å². The number of rotatable bonds is 4. The first-order valence-electron chi connectivity index (χ1n) is 6.21. The van der Waals surface area contributed by atoms with Crippen molar-refractivity contribution in [3.63, 3.8) is 0 Å². The van der Waals surface area contributed by atoms with E-state index in [0.717, 1.165) is 5.56 Å². The quantitative estimate of drug-likeness (QED) is 0.778. The molecule has 0 saturated carbocycles. The van der Waals surface area contributed by atoms with E-state index in [1.807, 2.05) is 0 Å². The number of aromatic nitrogens is 4. The van der Waals surface area contributed by atoms with Crippen LogP contribution in [0.2, 0.25) is 0 Å². The summed E-state index contributed by atoms with van der Waals surface area (Å²) in [6.07, 6.45) is 10.7. The lowest BCUT2D eigenvalue weighted by Gasteiger charge is -2.07. The minimum Gasteiger partial charge on any atom is -0.472 e. The molecule has 1 amide bonds. The van der Waals surface area contributed by atoms with Crippen molar-refractivity contribution in [2.75, 3.05) is 0 Å². The van der Waals surface area contributed by atoms with Gasteiger partial charge in [-0.1, -0.05) is 0 Å². The first kappa shape index (κ1) is 12.9. The molecule has 0 unspecified atom stereocenters. The molecule has 7 nitrogen and oxygen atoms in total. The van der Waals surface area contributed by atoms with Gasteiger partial charge in [-0.15, -0.1) is 0 Å². The summed E-state index contributed by atoms with van der Waals surface area (Å²) >= 11 is 0. The van der Waals surface area contributed by atoms with Crippen molar-refractivity contribution in [3.8, 4) is 11.3 Å². The number of nitrogens with one attached hydrogen (secondary N) is 1. The highest BCUT2D eigenvalue weighted by molar-refractivity contribution is 5.91. The topological polar surface area (TPSA) is 93.8 Å². The molecule has 3 aromatic heterocycles. The maximum atomic E-state index is 11.9. The van der Waals surface area contributed by atoms with Crippen molar-refractivity contribution in [1.29, 1.82) is 0 Å². The molecule has 0 fully saturated rings. The fraction of sp³-hybridized carbons (Fsp3) is 0.0714. The molecule has 0 radical (unpaired) electrons. The molecule has 0 bridgehead atoms. The summed E-state index contributed by atoms with van der Waals surface area (Å²) < 4.78 is 5.05. The minimum absolute atomic E-state index is 0.240. The summed E-state index contributed by atoms with van der Waals surface area (Å²) in [6, 6.07) is 1.79. The van der Waals surface area contributed by atoms with Crippen LogP contribution >= 0.6 is 0 Å². The van der Waals surface area contributed by atoms with E-state index in [9.17, 15) is 4.79 Å². The van der Waals surface area contributed by atoms with Gasteiger partial charge in [0.15, 0.2) is 0 Å². The first-order valence-corrected chi connectivity index (χ1v) is 6.21. The van der Waals surface area contributed by atoms with Crippen molar-refractivity contribution in [2.45, 2.75) is 6.54 Å². The third kappa shape index (κ3) is 2.92. The van der Waals surface area contributed by atoms with Gasteiger partial charge in [0.05, 0.1) is 36.7 Å². The molecule has 21 heavy (non-hydrogen) atoms. The predicted molar refractivity (Wildman–Crippen MR) is 72.9 cm³/mol. The second kappa shape index (κ2) is 5.91. The second-order valence-corrected chi connectivity index (χ2v) is 4.14. The zero-order valence-electron chi connectivity index (χ0n) is 10.9. The third-order valence-electron chi connectivity index (χ3n) is 2.78. The number of nitrogens with zero attached hydrogens (tertiary/aromatic N) is 4. The largest absolute Gasteiger partial charge is 0.472 e. The normalized spacial score (nSPS) is 10.3. The van der Waals surface area contributed by atoms with Crippen molar-refractivity contribution in [1.82, 2.24) is 25.3 Å². The fourth-order valence-corrected chi connectivity index (χ4v) is 1.81. The third-order valence-corrected chi connectivity index (χ3v) is 2.78. The maximum Gasteiger partial charge on any atom is 0.271 e. The van der Waals surface area contributed by atoms with Gasteiger partial charge in [0.2, 0.25) is 0 Å². The molecule has 0 aromatic carbocycles. The number of furan rings is 1. The lowest BCUT2D eigenvalue weighted by Crippen LogP contribution is -2.24. The Bertz CT molecular complexity index is 728. The van der Waals surface area contributed by atoms with Crippen LogP contribution in [0, 0.1) is 0 Å². The molecule has 0 aliphatic heterocycles. The molecule has 0 aliphatic carbocycles. The highest BCUT2D eigenvalue weighted by Crippen LogP contribution is 2.19. The van der Waals surface area contributed by atoms with Crippen LogP contribution in [0.5, 0.6) is 0 Å². The summed E-state index contributed by atoms with van der Waals surface area (Å²) in [5.41, 5.74) is 2.39. The summed E-state index contributed by atoms with van der Waals surface area (Å²) in [4.78, 5) is 28.2. The summed E-state index contributed by atoms with van der Waals surface area (Å²) in [5, 5.41) is 2.74. The fourth-order valence-electron chi connectivity index (χ4n) is 1.81.